The second-order valence-corrected chi connectivity index (χ2v) is 8.21. The number of nitrogens with zero attached hydrogens (tertiary/aromatic N) is 3. The van der Waals surface area contributed by atoms with Crippen molar-refractivity contribution in [3.63, 3.8) is 0 Å². The number of hydrogen-bond acceptors (Lipinski definition) is 7. The van der Waals surface area contributed by atoms with E-state index in [1.807, 2.05) is 0 Å². The van der Waals surface area contributed by atoms with Crippen molar-refractivity contribution in [2.24, 2.45) is 5.10 Å². The minimum absolute atomic E-state index is 0.0392. The van der Waals surface area contributed by atoms with Crippen LogP contribution in [0.4, 0.5) is 15.8 Å². The fraction of sp³-hybridized carbons (Fsp3) is 0.278. The molecule has 0 aliphatic carbocycles. The number of hydrazone groups is 1. The molecule has 0 aromatic heterocycles. The molecule has 29 heavy (non-hydrogen) atoms. The molecule has 3 rings (SSSR count). The number of morpholine rings is 1. The van der Waals surface area contributed by atoms with Crippen LogP contribution in [-0.4, -0.2) is 49.7 Å². The molecule has 1 heterocycles. The molecule has 11 heteroatoms. The maximum atomic E-state index is 13.0. The van der Waals surface area contributed by atoms with Gasteiger partial charge in [0.25, 0.3) is 5.69 Å². The number of nitro benzene ring substituents is 1. The first kappa shape index (κ1) is 20.8. The molecule has 0 atom stereocenters. The SMILES string of the molecule is C/C(=N/Nc1ccc(S(=O)(=O)N2CCOCC2)cc1[N+](=O)[O-])c1ccc(F)cc1. The monoisotopic (exact) mass is 422 g/mol. The third-order valence-corrected chi connectivity index (χ3v) is 6.27. The molecule has 9 nitrogen and oxygen atoms in total. The summed E-state index contributed by atoms with van der Waals surface area (Å²) >= 11 is 0. The zero-order valence-corrected chi connectivity index (χ0v) is 16.4. The van der Waals surface area contributed by atoms with Gasteiger partial charge < -0.3 is 4.74 Å². The lowest BCUT2D eigenvalue weighted by atomic mass is 10.1. The summed E-state index contributed by atoms with van der Waals surface area (Å²) in [6.07, 6.45) is 0. The van der Waals surface area contributed by atoms with Crippen molar-refractivity contribution in [2.45, 2.75) is 11.8 Å². The van der Waals surface area contributed by atoms with Crippen LogP contribution >= 0.6 is 0 Å². The van der Waals surface area contributed by atoms with Crippen molar-refractivity contribution < 1.29 is 22.5 Å². The second kappa shape index (κ2) is 8.64. The summed E-state index contributed by atoms with van der Waals surface area (Å²) in [5.74, 6) is -0.387. The first-order valence-corrected chi connectivity index (χ1v) is 10.2. The van der Waals surface area contributed by atoms with Gasteiger partial charge in [-0.3, -0.25) is 15.5 Å². The van der Waals surface area contributed by atoms with Gasteiger partial charge >= 0.3 is 0 Å². The first-order chi connectivity index (χ1) is 13.8. The Hall–Kier alpha value is -2.89. The zero-order chi connectivity index (χ0) is 21.0. The van der Waals surface area contributed by atoms with Crippen LogP contribution < -0.4 is 5.43 Å². The van der Waals surface area contributed by atoms with E-state index in [4.69, 9.17) is 4.74 Å². The van der Waals surface area contributed by atoms with E-state index >= 15 is 0 Å². The van der Waals surface area contributed by atoms with Crippen molar-refractivity contribution in [2.75, 3.05) is 31.7 Å². The van der Waals surface area contributed by atoms with Gasteiger partial charge in [0.05, 0.1) is 28.7 Å². The Labute approximate surface area is 167 Å². The van der Waals surface area contributed by atoms with E-state index in [9.17, 15) is 22.9 Å². The summed E-state index contributed by atoms with van der Waals surface area (Å²) in [5.41, 5.74) is 3.32. The molecule has 0 bridgehead atoms. The molecule has 0 unspecified atom stereocenters. The number of rotatable bonds is 6. The minimum Gasteiger partial charge on any atom is -0.379 e. The van der Waals surface area contributed by atoms with Gasteiger partial charge in [0.15, 0.2) is 0 Å². The summed E-state index contributed by atoms with van der Waals surface area (Å²) in [5, 5.41) is 15.6. The van der Waals surface area contributed by atoms with Gasteiger partial charge in [-0.1, -0.05) is 12.1 Å². The summed E-state index contributed by atoms with van der Waals surface area (Å²) in [6, 6.07) is 9.22. The van der Waals surface area contributed by atoms with E-state index in [1.165, 1.54) is 40.7 Å². The fourth-order valence-corrected chi connectivity index (χ4v) is 4.18. The molecule has 0 amide bonds. The largest absolute Gasteiger partial charge is 0.379 e. The van der Waals surface area contributed by atoms with Crippen LogP contribution in [0.2, 0.25) is 0 Å². The van der Waals surface area contributed by atoms with Gasteiger partial charge in [0.2, 0.25) is 10.0 Å². The lowest BCUT2D eigenvalue weighted by Crippen LogP contribution is -2.40. The van der Waals surface area contributed by atoms with Gasteiger partial charge in [-0.15, -0.1) is 0 Å². The van der Waals surface area contributed by atoms with Gasteiger partial charge in [-0.2, -0.15) is 9.41 Å². The Bertz CT molecular complexity index is 1030. The second-order valence-electron chi connectivity index (χ2n) is 6.27. The predicted molar refractivity (Wildman–Crippen MR) is 105 cm³/mol. The predicted octanol–water partition coefficient (Wildman–Crippen LogP) is 2.59. The lowest BCUT2D eigenvalue weighted by Gasteiger charge is -2.26. The van der Waals surface area contributed by atoms with Crippen LogP contribution in [0.25, 0.3) is 0 Å². The van der Waals surface area contributed by atoms with Gasteiger partial charge in [0.1, 0.15) is 11.5 Å². The van der Waals surface area contributed by atoms with Crippen LogP contribution in [0.3, 0.4) is 0 Å². The molecule has 1 N–H and O–H groups in total. The highest BCUT2D eigenvalue weighted by molar-refractivity contribution is 7.89. The van der Waals surface area contributed by atoms with E-state index in [2.05, 4.69) is 10.5 Å². The number of halogens is 1. The number of ether oxygens (including phenoxy) is 1. The van der Waals surface area contributed by atoms with Crippen LogP contribution in [-0.2, 0) is 14.8 Å². The molecular weight excluding hydrogens is 403 g/mol. The molecule has 2 aromatic carbocycles. The Morgan fingerprint density at radius 1 is 1.21 bits per heavy atom. The molecular formula is C18H19FN4O5S. The first-order valence-electron chi connectivity index (χ1n) is 8.71. The van der Waals surface area contributed by atoms with Crippen LogP contribution in [0, 0.1) is 15.9 Å². The third kappa shape index (κ3) is 4.75. The van der Waals surface area contributed by atoms with Crippen LogP contribution in [0.1, 0.15) is 12.5 Å². The molecule has 1 saturated heterocycles. The summed E-state index contributed by atoms with van der Waals surface area (Å²) < 4.78 is 44.8. The topological polar surface area (TPSA) is 114 Å². The average Bonchev–Trinajstić information content (AvgIpc) is 2.73. The number of hydrogen-bond donors (Lipinski definition) is 1. The molecule has 0 radical (unpaired) electrons. The van der Waals surface area contributed by atoms with Crippen LogP contribution in [0.5, 0.6) is 0 Å². The highest BCUT2D eigenvalue weighted by atomic mass is 32.2. The number of anilines is 1. The van der Waals surface area contributed by atoms with Gasteiger partial charge in [-0.05, 0) is 36.8 Å². The van der Waals surface area contributed by atoms with E-state index in [0.29, 0.717) is 11.3 Å². The Balaban J connectivity index is 1.87. The van der Waals surface area contributed by atoms with E-state index in [0.717, 1.165) is 6.07 Å². The smallest absolute Gasteiger partial charge is 0.295 e. The quantitative estimate of drug-likeness (QED) is 0.435. The Kier molecular flexibility index (Phi) is 6.20. The molecule has 0 saturated carbocycles. The molecule has 1 aliphatic rings. The lowest BCUT2D eigenvalue weighted by molar-refractivity contribution is -0.384. The molecule has 1 fully saturated rings. The normalized spacial score (nSPS) is 15.9. The number of benzene rings is 2. The van der Waals surface area contributed by atoms with Gasteiger partial charge in [0, 0.05) is 19.2 Å². The summed E-state index contributed by atoms with van der Waals surface area (Å²) in [6.45, 7) is 2.59. The number of sulfonamides is 1. The van der Waals surface area contributed by atoms with Crippen LogP contribution in [0.15, 0.2) is 52.5 Å². The highest BCUT2D eigenvalue weighted by Crippen LogP contribution is 2.29. The molecule has 2 aromatic rings. The van der Waals surface area contributed by atoms with Crippen molar-refractivity contribution in [3.8, 4) is 0 Å². The Morgan fingerprint density at radius 3 is 2.48 bits per heavy atom. The highest BCUT2D eigenvalue weighted by Gasteiger charge is 2.28. The number of nitro groups is 1. The zero-order valence-electron chi connectivity index (χ0n) is 15.5. The summed E-state index contributed by atoms with van der Waals surface area (Å²) in [7, 11) is -3.86. The minimum atomic E-state index is -3.86. The fourth-order valence-electron chi connectivity index (χ4n) is 2.75. The van der Waals surface area contributed by atoms with E-state index < -0.39 is 20.6 Å². The molecule has 154 valence electrons. The van der Waals surface area contributed by atoms with Crippen molar-refractivity contribution in [1.29, 1.82) is 0 Å². The van der Waals surface area contributed by atoms with Gasteiger partial charge in [-0.25, -0.2) is 12.8 Å². The maximum Gasteiger partial charge on any atom is 0.295 e. The van der Waals surface area contributed by atoms with Crippen molar-refractivity contribution in [1.82, 2.24) is 4.31 Å². The Morgan fingerprint density at radius 2 is 1.86 bits per heavy atom. The standard InChI is InChI=1S/C18H19FN4O5S/c1-13(14-2-4-15(19)5-3-14)20-21-17-7-6-16(12-18(17)23(24)25)29(26,27)22-8-10-28-11-9-22/h2-7,12,21H,8-11H2,1H3/b20-13-. The van der Waals surface area contributed by atoms with Crippen molar-refractivity contribution >= 4 is 27.1 Å². The molecule has 0 spiro atoms. The molecule has 1 aliphatic heterocycles. The summed E-state index contributed by atoms with van der Waals surface area (Å²) in [4.78, 5) is 10.6. The van der Waals surface area contributed by atoms with E-state index in [1.54, 1.807) is 6.92 Å². The maximum absolute atomic E-state index is 13.0. The van der Waals surface area contributed by atoms with Crippen molar-refractivity contribution in [3.05, 3.63) is 64.0 Å². The van der Waals surface area contributed by atoms with E-state index in [-0.39, 0.29) is 42.7 Å². The number of nitrogens with one attached hydrogen (secondary N) is 1. The average molecular weight is 422 g/mol. The third-order valence-electron chi connectivity index (χ3n) is 4.38.